The molecule has 0 radical (unpaired) electrons. The molecule has 5 heteroatoms. The number of carbonyl (C=O) groups excluding carboxylic acids is 1. The van der Waals surface area contributed by atoms with Gasteiger partial charge in [0.05, 0.1) is 12.0 Å². The lowest BCUT2D eigenvalue weighted by atomic mass is 9.78. The SMILES string of the molecule is COCC1(C(=O)NCCCN2CCCCC2C)CCNCC1. The van der Waals surface area contributed by atoms with E-state index in [0.29, 0.717) is 12.6 Å². The summed E-state index contributed by atoms with van der Waals surface area (Å²) in [5.74, 6) is 0.183. The Balaban J connectivity index is 1.71. The molecule has 0 aromatic heterocycles. The molecule has 128 valence electrons. The van der Waals surface area contributed by atoms with Crippen molar-refractivity contribution in [1.82, 2.24) is 15.5 Å². The average molecular weight is 311 g/mol. The van der Waals surface area contributed by atoms with Crippen molar-refractivity contribution in [1.29, 1.82) is 0 Å². The smallest absolute Gasteiger partial charge is 0.228 e. The summed E-state index contributed by atoms with van der Waals surface area (Å²) in [6.45, 7) is 7.75. The Morgan fingerprint density at radius 1 is 1.36 bits per heavy atom. The van der Waals surface area contributed by atoms with E-state index < -0.39 is 0 Å². The van der Waals surface area contributed by atoms with Crippen molar-refractivity contribution in [3.05, 3.63) is 0 Å². The zero-order valence-corrected chi connectivity index (χ0v) is 14.3. The minimum Gasteiger partial charge on any atom is -0.384 e. The molecule has 0 spiro atoms. The summed E-state index contributed by atoms with van der Waals surface area (Å²) in [4.78, 5) is 15.2. The largest absolute Gasteiger partial charge is 0.384 e. The molecular formula is C17H33N3O2. The van der Waals surface area contributed by atoms with Gasteiger partial charge in [0, 0.05) is 26.2 Å². The third-order valence-electron chi connectivity index (χ3n) is 5.31. The fraction of sp³-hybridized carbons (Fsp3) is 0.941. The molecule has 0 aromatic carbocycles. The van der Waals surface area contributed by atoms with Gasteiger partial charge in [-0.05, 0) is 58.7 Å². The molecular weight excluding hydrogens is 278 g/mol. The monoisotopic (exact) mass is 311 g/mol. The number of piperidine rings is 2. The van der Waals surface area contributed by atoms with Crippen LogP contribution in [0.5, 0.6) is 0 Å². The Labute approximate surface area is 135 Å². The van der Waals surface area contributed by atoms with E-state index in [2.05, 4.69) is 22.5 Å². The van der Waals surface area contributed by atoms with Crippen molar-refractivity contribution >= 4 is 5.91 Å². The number of ether oxygens (including phenoxy) is 1. The van der Waals surface area contributed by atoms with Crippen LogP contribution in [0.15, 0.2) is 0 Å². The fourth-order valence-electron chi connectivity index (χ4n) is 3.78. The number of likely N-dealkylation sites (tertiary alicyclic amines) is 1. The van der Waals surface area contributed by atoms with Crippen molar-refractivity contribution in [3.8, 4) is 0 Å². The first kappa shape index (κ1) is 17.7. The summed E-state index contributed by atoms with van der Waals surface area (Å²) in [6, 6.07) is 0.703. The minimum atomic E-state index is -0.321. The number of methoxy groups -OCH3 is 1. The molecule has 2 fully saturated rings. The zero-order chi connectivity index (χ0) is 15.8. The van der Waals surface area contributed by atoms with Crippen molar-refractivity contribution in [2.75, 3.05) is 46.4 Å². The topological polar surface area (TPSA) is 53.6 Å². The van der Waals surface area contributed by atoms with Crippen LogP contribution < -0.4 is 10.6 Å². The third kappa shape index (κ3) is 4.67. The molecule has 2 aliphatic rings. The molecule has 0 bridgehead atoms. The Bertz CT molecular complexity index is 337. The fourth-order valence-corrected chi connectivity index (χ4v) is 3.78. The summed E-state index contributed by atoms with van der Waals surface area (Å²) in [5.41, 5.74) is -0.321. The molecule has 1 atom stereocenters. The molecule has 5 nitrogen and oxygen atoms in total. The molecule has 0 aliphatic carbocycles. The number of nitrogens with one attached hydrogen (secondary N) is 2. The zero-order valence-electron chi connectivity index (χ0n) is 14.3. The minimum absolute atomic E-state index is 0.183. The van der Waals surface area contributed by atoms with Crippen molar-refractivity contribution in [3.63, 3.8) is 0 Å². The van der Waals surface area contributed by atoms with E-state index in [1.807, 2.05) is 0 Å². The van der Waals surface area contributed by atoms with Gasteiger partial charge in [0.2, 0.25) is 5.91 Å². The Kier molecular flexibility index (Phi) is 7.12. The van der Waals surface area contributed by atoms with E-state index in [1.54, 1.807) is 7.11 Å². The highest BCUT2D eigenvalue weighted by molar-refractivity contribution is 5.82. The summed E-state index contributed by atoms with van der Waals surface area (Å²) >= 11 is 0. The second kappa shape index (κ2) is 8.85. The number of nitrogens with zero attached hydrogens (tertiary/aromatic N) is 1. The molecule has 1 amide bonds. The summed E-state index contributed by atoms with van der Waals surface area (Å²) in [7, 11) is 1.69. The van der Waals surface area contributed by atoms with E-state index in [-0.39, 0.29) is 11.3 Å². The highest BCUT2D eigenvalue weighted by atomic mass is 16.5. The second-order valence-corrected chi connectivity index (χ2v) is 6.95. The highest BCUT2D eigenvalue weighted by Crippen LogP contribution is 2.29. The van der Waals surface area contributed by atoms with Gasteiger partial charge in [0.15, 0.2) is 0 Å². The van der Waals surface area contributed by atoms with Gasteiger partial charge in [-0.25, -0.2) is 0 Å². The quantitative estimate of drug-likeness (QED) is 0.698. The lowest BCUT2D eigenvalue weighted by molar-refractivity contribution is -0.136. The lowest BCUT2D eigenvalue weighted by Crippen LogP contribution is -2.50. The molecule has 2 saturated heterocycles. The van der Waals surface area contributed by atoms with Crippen LogP contribution in [0.2, 0.25) is 0 Å². The van der Waals surface area contributed by atoms with Crippen molar-refractivity contribution < 1.29 is 9.53 Å². The van der Waals surface area contributed by atoms with E-state index in [9.17, 15) is 4.79 Å². The summed E-state index contributed by atoms with van der Waals surface area (Å²) in [5, 5.41) is 6.48. The van der Waals surface area contributed by atoms with Gasteiger partial charge in [-0.15, -0.1) is 0 Å². The first-order chi connectivity index (χ1) is 10.7. The van der Waals surface area contributed by atoms with Gasteiger partial charge in [-0.3, -0.25) is 4.79 Å². The van der Waals surface area contributed by atoms with Gasteiger partial charge in [0.25, 0.3) is 0 Å². The van der Waals surface area contributed by atoms with Crippen LogP contribution in [-0.4, -0.2) is 63.3 Å². The summed E-state index contributed by atoms with van der Waals surface area (Å²) in [6.07, 6.45) is 6.78. The normalized spacial score (nSPS) is 25.8. The lowest BCUT2D eigenvalue weighted by Gasteiger charge is -2.36. The Morgan fingerprint density at radius 2 is 2.14 bits per heavy atom. The van der Waals surface area contributed by atoms with E-state index >= 15 is 0 Å². The van der Waals surface area contributed by atoms with Crippen LogP contribution in [0.25, 0.3) is 0 Å². The number of hydrogen-bond acceptors (Lipinski definition) is 4. The van der Waals surface area contributed by atoms with Gasteiger partial charge in [0.1, 0.15) is 0 Å². The number of rotatable bonds is 7. The van der Waals surface area contributed by atoms with Crippen LogP contribution in [0, 0.1) is 5.41 Å². The predicted octanol–water partition coefficient (Wildman–Crippen LogP) is 1.38. The predicted molar refractivity (Wildman–Crippen MR) is 88.9 cm³/mol. The first-order valence-corrected chi connectivity index (χ1v) is 8.90. The molecule has 2 N–H and O–H groups in total. The standard InChI is InChI=1S/C17H33N3O2/c1-15-6-3-4-12-20(15)13-5-9-19-16(21)17(14-22-2)7-10-18-11-8-17/h15,18H,3-14H2,1-2H3,(H,19,21). The van der Waals surface area contributed by atoms with Crippen LogP contribution in [-0.2, 0) is 9.53 Å². The summed E-state index contributed by atoms with van der Waals surface area (Å²) < 4.78 is 5.32. The third-order valence-corrected chi connectivity index (χ3v) is 5.31. The Hall–Kier alpha value is -0.650. The molecule has 22 heavy (non-hydrogen) atoms. The highest BCUT2D eigenvalue weighted by Gasteiger charge is 2.39. The maximum absolute atomic E-state index is 12.6. The van der Waals surface area contributed by atoms with Crippen LogP contribution in [0.4, 0.5) is 0 Å². The molecule has 2 rings (SSSR count). The molecule has 2 aliphatic heterocycles. The first-order valence-electron chi connectivity index (χ1n) is 8.90. The van der Waals surface area contributed by atoms with Crippen LogP contribution in [0.1, 0.15) is 45.4 Å². The van der Waals surface area contributed by atoms with Crippen molar-refractivity contribution in [2.45, 2.75) is 51.5 Å². The van der Waals surface area contributed by atoms with Gasteiger partial charge < -0.3 is 20.3 Å². The maximum Gasteiger partial charge on any atom is 0.228 e. The van der Waals surface area contributed by atoms with Gasteiger partial charge in [-0.1, -0.05) is 6.42 Å². The van der Waals surface area contributed by atoms with Crippen molar-refractivity contribution in [2.24, 2.45) is 5.41 Å². The molecule has 2 heterocycles. The maximum atomic E-state index is 12.6. The Morgan fingerprint density at radius 3 is 2.82 bits per heavy atom. The number of carbonyl (C=O) groups is 1. The van der Waals surface area contributed by atoms with E-state index in [0.717, 1.165) is 45.4 Å². The van der Waals surface area contributed by atoms with E-state index in [1.165, 1.54) is 25.8 Å². The molecule has 1 unspecified atom stereocenters. The van der Waals surface area contributed by atoms with Gasteiger partial charge >= 0.3 is 0 Å². The number of hydrogen-bond donors (Lipinski definition) is 2. The van der Waals surface area contributed by atoms with E-state index in [4.69, 9.17) is 4.74 Å². The average Bonchev–Trinajstić information content (AvgIpc) is 2.54. The molecule has 0 aromatic rings. The van der Waals surface area contributed by atoms with Gasteiger partial charge in [-0.2, -0.15) is 0 Å². The second-order valence-electron chi connectivity index (χ2n) is 6.95. The van der Waals surface area contributed by atoms with Crippen LogP contribution >= 0.6 is 0 Å². The number of amides is 1. The van der Waals surface area contributed by atoms with Crippen LogP contribution in [0.3, 0.4) is 0 Å². The molecule has 0 saturated carbocycles.